The van der Waals surface area contributed by atoms with Gasteiger partial charge in [0.15, 0.2) is 0 Å². The summed E-state index contributed by atoms with van der Waals surface area (Å²) < 4.78 is 0. The molecule has 0 bridgehead atoms. The van der Waals surface area contributed by atoms with E-state index >= 15 is 0 Å². The van der Waals surface area contributed by atoms with Crippen molar-refractivity contribution in [1.82, 2.24) is 0 Å². The fraction of sp³-hybridized carbons (Fsp3) is 0.143. The van der Waals surface area contributed by atoms with Gasteiger partial charge in [0, 0.05) is 0 Å². The highest BCUT2D eigenvalue weighted by Gasteiger charge is 2.56. The van der Waals surface area contributed by atoms with Gasteiger partial charge in [-0.2, -0.15) is 0 Å². The molecule has 5 rings (SSSR count). The topological polar surface area (TPSA) is 0 Å². The minimum Gasteiger partial charge on any atom is -0.0622 e. The number of rotatable bonds is 5. The van der Waals surface area contributed by atoms with Crippen LogP contribution in [0.5, 0.6) is 0 Å². The van der Waals surface area contributed by atoms with Crippen LogP contribution in [0.2, 0.25) is 0 Å². The number of hydrogen-bond acceptors (Lipinski definition) is 0. The lowest BCUT2D eigenvalue weighted by atomic mass is 10.4. The SMILES string of the molecule is c1ccc(P(c2ccccc2)C2CCC[P+]2(c2ccccc2)c2ccccc2)cc1. The molecule has 1 heterocycles. The molecule has 148 valence electrons. The highest BCUT2D eigenvalue weighted by molar-refractivity contribution is 7.99. The van der Waals surface area contributed by atoms with E-state index in [4.69, 9.17) is 0 Å². The summed E-state index contributed by atoms with van der Waals surface area (Å²) in [5, 5.41) is 6.88. The van der Waals surface area contributed by atoms with Gasteiger partial charge in [0.25, 0.3) is 0 Å². The Hall–Kier alpha value is -2.26. The third-order valence-corrected chi connectivity index (χ3v) is 15.5. The first-order chi connectivity index (χ1) is 14.9. The van der Waals surface area contributed by atoms with Crippen molar-refractivity contribution < 1.29 is 0 Å². The lowest BCUT2D eigenvalue weighted by Crippen LogP contribution is -2.32. The van der Waals surface area contributed by atoms with Crippen molar-refractivity contribution >= 4 is 36.4 Å². The molecular weight excluding hydrogens is 398 g/mol. The Morgan fingerprint density at radius 3 is 1.37 bits per heavy atom. The predicted molar refractivity (Wildman–Crippen MR) is 136 cm³/mol. The van der Waals surface area contributed by atoms with E-state index in [2.05, 4.69) is 121 Å². The summed E-state index contributed by atoms with van der Waals surface area (Å²) in [6.45, 7) is 0. The van der Waals surface area contributed by atoms with E-state index in [-0.39, 0.29) is 0 Å². The van der Waals surface area contributed by atoms with Crippen LogP contribution in [0, 0.1) is 0 Å². The monoisotopic (exact) mass is 425 g/mol. The Balaban J connectivity index is 1.74. The van der Waals surface area contributed by atoms with Crippen LogP contribution in [-0.4, -0.2) is 11.6 Å². The first kappa shape index (κ1) is 19.7. The van der Waals surface area contributed by atoms with Gasteiger partial charge < -0.3 is 0 Å². The lowest BCUT2D eigenvalue weighted by molar-refractivity contribution is 0.920. The van der Waals surface area contributed by atoms with E-state index in [0.29, 0.717) is 5.40 Å². The third kappa shape index (κ3) is 3.54. The zero-order valence-electron chi connectivity index (χ0n) is 17.1. The zero-order valence-corrected chi connectivity index (χ0v) is 18.9. The zero-order chi connectivity index (χ0) is 20.2. The van der Waals surface area contributed by atoms with Crippen molar-refractivity contribution in [3.63, 3.8) is 0 Å². The van der Waals surface area contributed by atoms with Crippen LogP contribution in [0.25, 0.3) is 0 Å². The van der Waals surface area contributed by atoms with Crippen LogP contribution in [-0.2, 0) is 0 Å². The smallest absolute Gasteiger partial charge is 0.0622 e. The molecular formula is C28H27P2+. The number of hydrogen-bond donors (Lipinski definition) is 0. The Labute approximate surface area is 182 Å². The molecule has 4 aromatic rings. The van der Waals surface area contributed by atoms with Gasteiger partial charge in [-0.15, -0.1) is 0 Å². The first-order valence-corrected chi connectivity index (χ1v) is 14.2. The molecule has 2 heteroatoms. The molecule has 0 amide bonds. The summed E-state index contributed by atoms with van der Waals surface area (Å²) in [7, 11) is -1.96. The molecule has 1 fully saturated rings. The van der Waals surface area contributed by atoms with Crippen LogP contribution >= 0.6 is 15.2 Å². The van der Waals surface area contributed by atoms with Gasteiger partial charge in [-0.05, 0) is 55.6 Å². The minimum absolute atomic E-state index is 0.438. The molecule has 0 N–H and O–H groups in total. The van der Waals surface area contributed by atoms with E-state index < -0.39 is 15.2 Å². The molecule has 1 saturated heterocycles. The molecule has 0 saturated carbocycles. The second kappa shape index (κ2) is 8.85. The molecule has 1 aliphatic heterocycles. The third-order valence-electron chi connectivity index (χ3n) is 6.28. The number of benzene rings is 4. The van der Waals surface area contributed by atoms with E-state index in [0.717, 1.165) is 0 Å². The molecule has 1 atom stereocenters. The van der Waals surface area contributed by atoms with E-state index in [1.54, 1.807) is 10.6 Å². The van der Waals surface area contributed by atoms with Gasteiger partial charge in [-0.1, -0.05) is 97.1 Å². The van der Waals surface area contributed by atoms with Crippen LogP contribution in [0.15, 0.2) is 121 Å². The quantitative estimate of drug-likeness (QED) is 0.349. The second-order valence-corrected chi connectivity index (χ2v) is 14.6. The summed E-state index contributed by atoms with van der Waals surface area (Å²) in [6.07, 6.45) is 3.96. The van der Waals surface area contributed by atoms with Crippen molar-refractivity contribution in [2.24, 2.45) is 0 Å². The van der Waals surface area contributed by atoms with E-state index in [1.165, 1.54) is 29.6 Å². The van der Waals surface area contributed by atoms with Gasteiger partial charge in [0.2, 0.25) is 0 Å². The molecule has 30 heavy (non-hydrogen) atoms. The molecule has 0 aromatic heterocycles. The van der Waals surface area contributed by atoms with Crippen molar-refractivity contribution in [1.29, 1.82) is 0 Å². The van der Waals surface area contributed by atoms with E-state index in [9.17, 15) is 0 Å². The Bertz CT molecular complexity index is 984. The molecule has 0 spiro atoms. The Kier molecular flexibility index (Phi) is 5.81. The summed E-state index contributed by atoms with van der Waals surface area (Å²) in [5.41, 5.74) is 0. The molecule has 0 aliphatic carbocycles. The summed E-state index contributed by atoms with van der Waals surface area (Å²) in [4.78, 5) is 0. The predicted octanol–water partition coefficient (Wildman–Crippen LogP) is 5.91. The second-order valence-electron chi connectivity index (χ2n) is 7.93. The van der Waals surface area contributed by atoms with Crippen LogP contribution in [0.1, 0.15) is 12.8 Å². The van der Waals surface area contributed by atoms with Gasteiger partial charge in [-0.25, -0.2) is 0 Å². The fourth-order valence-corrected chi connectivity index (χ4v) is 15.5. The fourth-order valence-electron chi connectivity index (χ4n) is 5.03. The molecule has 0 radical (unpaired) electrons. The molecule has 4 aromatic carbocycles. The average molecular weight is 425 g/mol. The Morgan fingerprint density at radius 2 is 0.933 bits per heavy atom. The lowest BCUT2D eigenvalue weighted by Gasteiger charge is -2.35. The van der Waals surface area contributed by atoms with Gasteiger partial charge in [-0.3, -0.25) is 0 Å². The van der Waals surface area contributed by atoms with Crippen LogP contribution in [0.4, 0.5) is 0 Å². The standard InChI is InChI=1S/C28H27P2/c1-5-14-24(15-6-1)29(25-16-7-2-8-17-25)28-22-13-23-30(28,26-18-9-3-10-19-26)27-20-11-4-12-21-27/h1-12,14-21,28H,13,22-23H2/q+1. The maximum Gasteiger partial charge on any atom is 0.106 e. The minimum atomic E-state index is -1.52. The highest BCUT2D eigenvalue weighted by Crippen LogP contribution is 2.74. The summed E-state index contributed by atoms with van der Waals surface area (Å²) in [5.74, 6) is 0. The first-order valence-electron chi connectivity index (χ1n) is 10.8. The normalized spacial score (nSPS) is 17.8. The van der Waals surface area contributed by atoms with Crippen molar-refractivity contribution in [3.8, 4) is 0 Å². The maximum absolute atomic E-state index is 2.41. The van der Waals surface area contributed by atoms with Crippen LogP contribution in [0.3, 0.4) is 0 Å². The summed E-state index contributed by atoms with van der Waals surface area (Å²) in [6, 6.07) is 45.5. The Morgan fingerprint density at radius 1 is 0.533 bits per heavy atom. The summed E-state index contributed by atoms with van der Waals surface area (Å²) >= 11 is 0. The van der Waals surface area contributed by atoms with E-state index in [1.807, 2.05) is 0 Å². The molecule has 1 unspecified atom stereocenters. The van der Waals surface area contributed by atoms with Gasteiger partial charge in [0.1, 0.15) is 5.40 Å². The van der Waals surface area contributed by atoms with Gasteiger partial charge >= 0.3 is 0 Å². The van der Waals surface area contributed by atoms with Crippen molar-refractivity contribution in [2.45, 2.75) is 18.2 Å². The maximum atomic E-state index is 2.41. The van der Waals surface area contributed by atoms with Gasteiger partial charge in [0.05, 0.1) is 24.0 Å². The average Bonchev–Trinajstić information content (AvgIpc) is 3.27. The van der Waals surface area contributed by atoms with Crippen molar-refractivity contribution in [2.75, 3.05) is 6.16 Å². The highest BCUT2D eigenvalue weighted by atomic mass is 31.2. The molecule has 1 aliphatic rings. The van der Waals surface area contributed by atoms with Crippen molar-refractivity contribution in [3.05, 3.63) is 121 Å². The van der Waals surface area contributed by atoms with Crippen LogP contribution < -0.4 is 21.2 Å². The molecule has 0 nitrogen and oxygen atoms in total. The largest absolute Gasteiger partial charge is 0.106 e.